The highest BCUT2D eigenvalue weighted by atomic mass is 32.2. The van der Waals surface area contributed by atoms with Crippen LogP contribution >= 0.6 is 0 Å². The molecule has 0 saturated carbocycles. The van der Waals surface area contributed by atoms with Crippen LogP contribution in [0.1, 0.15) is 22.8 Å². The molecule has 2 aromatic carbocycles. The maximum absolute atomic E-state index is 13.6. The number of anilines is 1. The van der Waals surface area contributed by atoms with Crippen LogP contribution in [0.15, 0.2) is 41.3 Å². The SMILES string of the molecule is COc1ccc(S(N)(=O)=O)cc1C(=O)O[C@@H](C)C(=O)Nc1ccc(C)c(F)c1. The van der Waals surface area contributed by atoms with Gasteiger partial charge in [0.15, 0.2) is 6.10 Å². The van der Waals surface area contributed by atoms with Crippen LogP contribution in [0, 0.1) is 12.7 Å². The third kappa shape index (κ3) is 5.05. The van der Waals surface area contributed by atoms with Gasteiger partial charge in [0.1, 0.15) is 17.1 Å². The third-order valence-electron chi connectivity index (χ3n) is 3.81. The van der Waals surface area contributed by atoms with Crippen LogP contribution in [0.2, 0.25) is 0 Å². The van der Waals surface area contributed by atoms with Crippen molar-refractivity contribution in [2.45, 2.75) is 24.8 Å². The molecule has 0 aliphatic rings. The minimum Gasteiger partial charge on any atom is -0.496 e. The van der Waals surface area contributed by atoms with E-state index in [2.05, 4.69) is 5.32 Å². The van der Waals surface area contributed by atoms with Crippen LogP contribution in [-0.2, 0) is 19.6 Å². The van der Waals surface area contributed by atoms with Crippen molar-refractivity contribution in [1.82, 2.24) is 0 Å². The van der Waals surface area contributed by atoms with Gasteiger partial charge in [0.2, 0.25) is 10.0 Å². The lowest BCUT2D eigenvalue weighted by atomic mass is 10.2. The number of aryl methyl sites for hydroxylation is 1. The van der Waals surface area contributed by atoms with Gasteiger partial charge in [0, 0.05) is 5.69 Å². The van der Waals surface area contributed by atoms with Crippen molar-refractivity contribution in [3.05, 3.63) is 53.3 Å². The summed E-state index contributed by atoms with van der Waals surface area (Å²) in [6.45, 7) is 2.89. The fourth-order valence-electron chi connectivity index (χ4n) is 2.22. The molecule has 150 valence electrons. The zero-order chi connectivity index (χ0) is 21.1. The minimum absolute atomic E-state index is 0.0469. The van der Waals surface area contributed by atoms with Crippen molar-refractivity contribution in [3.63, 3.8) is 0 Å². The van der Waals surface area contributed by atoms with E-state index >= 15 is 0 Å². The van der Waals surface area contributed by atoms with Gasteiger partial charge in [-0.2, -0.15) is 0 Å². The van der Waals surface area contributed by atoms with Crippen LogP contribution in [0.5, 0.6) is 5.75 Å². The van der Waals surface area contributed by atoms with E-state index in [1.807, 2.05) is 0 Å². The number of rotatable bonds is 6. The topological polar surface area (TPSA) is 125 Å². The molecule has 0 radical (unpaired) electrons. The van der Waals surface area contributed by atoms with Gasteiger partial charge in [-0.3, -0.25) is 4.79 Å². The molecule has 1 atom stereocenters. The Bertz CT molecular complexity index is 1020. The molecule has 0 saturated heterocycles. The molecule has 2 rings (SSSR count). The Kier molecular flexibility index (Phi) is 6.37. The number of benzene rings is 2. The second kappa shape index (κ2) is 8.36. The number of methoxy groups -OCH3 is 1. The number of carbonyl (C=O) groups excluding carboxylic acids is 2. The van der Waals surface area contributed by atoms with Crippen molar-refractivity contribution in [2.75, 3.05) is 12.4 Å². The van der Waals surface area contributed by atoms with Crippen LogP contribution in [0.3, 0.4) is 0 Å². The third-order valence-corrected chi connectivity index (χ3v) is 4.72. The number of nitrogens with two attached hydrogens (primary N) is 1. The molecule has 1 amide bonds. The number of sulfonamides is 1. The summed E-state index contributed by atoms with van der Waals surface area (Å²) in [4.78, 5) is 24.3. The molecular formula is C18H19FN2O6S. The summed E-state index contributed by atoms with van der Waals surface area (Å²) in [7, 11) is -2.77. The average molecular weight is 410 g/mol. The lowest BCUT2D eigenvalue weighted by Crippen LogP contribution is -2.30. The minimum atomic E-state index is -4.06. The summed E-state index contributed by atoms with van der Waals surface area (Å²) in [6.07, 6.45) is -1.25. The molecule has 0 aliphatic heterocycles. The Morgan fingerprint density at radius 1 is 1.18 bits per heavy atom. The smallest absolute Gasteiger partial charge is 0.342 e. The van der Waals surface area contributed by atoms with Gasteiger partial charge in [-0.25, -0.2) is 22.7 Å². The van der Waals surface area contributed by atoms with Crippen LogP contribution in [0.4, 0.5) is 10.1 Å². The van der Waals surface area contributed by atoms with Crippen molar-refractivity contribution in [1.29, 1.82) is 0 Å². The number of amides is 1. The first-order chi connectivity index (χ1) is 13.0. The molecule has 0 fully saturated rings. The molecule has 0 aliphatic carbocycles. The van der Waals surface area contributed by atoms with E-state index < -0.39 is 33.8 Å². The standard InChI is InChI=1S/C18H19FN2O6S/c1-10-4-5-12(8-15(10)19)21-17(22)11(2)27-18(23)14-9-13(28(20,24)25)6-7-16(14)26-3/h4-9,11H,1-3H3,(H,21,22)(H2,20,24,25)/t11-/m0/s1. The summed E-state index contributed by atoms with van der Waals surface area (Å²) in [5.41, 5.74) is 0.402. The first-order valence-corrected chi connectivity index (χ1v) is 9.56. The quantitative estimate of drug-likeness (QED) is 0.702. The Balaban J connectivity index is 2.17. The van der Waals surface area contributed by atoms with Crippen molar-refractivity contribution in [3.8, 4) is 5.75 Å². The van der Waals surface area contributed by atoms with Gasteiger partial charge in [0.05, 0.1) is 12.0 Å². The van der Waals surface area contributed by atoms with E-state index in [0.717, 1.165) is 12.1 Å². The van der Waals surface area contributed by atoms with Gasteiger partial charge < -0.3 is 14.8 Å². The van der Waals surface area contributed by atoms with Gasteiger partial charge in [-0.15, -0.1) is 0 Å². The van der Waals surface area contributed by atoms with Crippen molar-refractivity contribution >= 4 is 27.6 Å². The number of carbonyl (C=O) groups is 2. The lowest BCUT2D eigenvalue weighted by Gasteiger charge is -2.15. The Hall–Kier alpha value is -2.98. The van der Waals surface area contributed by atoms with Crippen molar-refractivity contribution < 1.29 is 31.9 Å². The number of nitrogens with one attached hydrogen (secondary N) is 1. The van der Waals surface area contributed by atoms with Crippen LogP contribution < -0.4 is 15.2 Å². The number of primary sulfonamides is 1. The molecule has 28 heavy (non-hydrogen) atoms. The Morgan fingerprint density at radius 3 is 2.43 bits per heavy atom. The number of halogens is 1. The summed E-state index contributed by atoms with van der Waals surface area (Å²) in [5, 5.41) is 7.49. The van der Waals surface area contributed by atoms with Gasteiger partial charge in [-0.1, -0.05) is 6.07 Å². The highest BCUT2D eigenvalue weighted by Gasteiger charge is 2.23. The molecule has 10 heteroatoms. The highest BCUT2D eigenvalue weighted by molar-refractivity contribution is 7.89. The zero-order valence-electron chi connectivity index (χ0n) is 15.4. The Morgan fingerprint density at radius 2 is 1.86 bits per heavy atom. The first-order valence-electron chi connectivity index (χ1n) is 8.01. The van der Waals surface area contributed by atoms with E-state index in [-0.39, 0.29) is 21.9 Å². The molecule has 0 spiro atoms. The molecule has 8 nitrogen and oxygen atoms in total. The fraction of sp³-hybridized carbons (Fsp3) is 0.222. The monoisotopic (exact) mass is 410 g/mol. The van der Waals surface area contributed by atoms with E-state index in [1.54, 1.807) is 6.92 Å². The van der Waals surface area contributed by atoms with Crippen molar-refractivity contribution in [2.24, 2.45) is 5.14 Å². The number of hydrogen-bond acceptors (Lipinski definition) is 6. The second-order valence-corrected chi connectivity index (χ2v) is 7.47. The first kappa shape index (κ1) is 21.3. The summed E-state index contributed by atoms with van der Waals surface area (Å²) < 4.78 is 46.6. The van der Waals surface area contributed by atoms with Crippen LogP contribution in [0.25, 0.3) is 0 Å². The number of esters is 1. The second-order valence-electron chi connectivity index (χ2n) is 5.91. The number of hydrogen-bond donors (Lipinski definition) is 2. The predicted octanol–water partition coefficient (Wildman–Crippen LogP) is 1.97. The lowest BCUT2D eigenvalue weighted by molar-refractivity contribution is -0.123. The van der Waals surface area contributed by atoms with Gasteiger partial charge >= 0.3 is 5.97 Å². The molecule has 0 bridgehead atoms. The molecule has 0 aromatic heterocycles. The summed E-state index contributed by atoms with van der Waals surface area (Å²) in [6, 6.07) is 7.55. The molecule has 0 unspecified atom stereocenters. The highest BCUT2D eigenvalue weighted by Crippen LogP contribution is 2.23. The fourth-order valence-corrected chi connectivity index (χ4v) is 2.76. The van der Waals surface area contributed by atoms with E-state index in [1.165, 1.54) is 38.3 Å². The van der Waals surface area contributed by atoms with Gasteiger partial charge in [-0.05, 0) is 49.7 Å². The van der Waals surface area contributed by atoms with E-state index in [0.29, 0.717) is 5.56 Å². The van der Waals surface area contributed by atoms with Gasteiger partial charge in [0.25, 0.3) is 5.91 Å². The number of ether oxygens (including phenoxy) is 2. The summed E-state index contributed by atoms with van der Waals surface area (Å²) in [5.74, 6) is -2.13. The van der Waals surface area contributed by atoms with Crippen LogP contribution in [-0.4, -0.2) is 33.5 Å². The van der Waals surface area contributed by atoms with E-state index in [4.69, 9.17) is 14.6 Å². The normalized spacial score (nSPS) is 12.2. The maximum atomic E-state index is 13.6. The summed E-state index contributed by atoms with van der Waals surface area (Å²) >= 11 is 0. The average Bonchev–Trinajstić information content (AvgIpc) is 2.63. The zero-order valence-corrected chi connectivity index (χ0v) is 16.2. The maximum Gasteiger partial charge on any atom is 0.342 e. The largest absolute Gasteiger partial charge is 0.496 e. The predicted molar refractivity (Wildman–Crippen MR) is 99.0 cm³/mol. The van der Waals surface area contributed by atoms with E-state index in [9.17, 15) is 22.4 Å². The Labute approximate surface area is 161 Å². The molecule has 0 heterocycles. The molecular weight excluding hydrogens is 391 g/mol. The molecule has 3 N–H and O–H groups in total. The molecule has 2 aromatic rings.